The second-order valence-electron chi connectivity index (χ2n) is 7.38. The molecule has 0 saturated carbocycles. The summed E-state index contributed by atoms with van der Waals surface area (Å²) in [6.45, 7) is 2.30. The number of anilines is 2. The Morgan fingerprint density at radius 3 is 2.87 bits per heavy atom. The van der Waals surface area contributed by atoms with Crippen molar-refractivity contribution in [3.8, 4) is 5.75 Å². The lowest BCUT2D eigenvalue weighted by atomic mass is 9.98. The molecule has 0 aliphatic carbocycles. The van der Waals surface area contributed by atoms with E-state index >= 15 is 0 Å². The standard InChI is InChI=1S/C19H21FN4O6/c1-9-21-11-7-10(3-4-12(11)29-9)16(27)22-14-5-6-24(18(28)23-14)17-19(2,20)15(26)13(8-25)30-17/h3-7,9,13,15,17,21,25-26H,8H2,1-2H3,(H,22,23,27,28). The van der Waals surface area contributed by atoms with Crippen molar-refractivity contribution in [2.75, 3.05) is 17.2 Å². The van der Waals surface area contributed by atoms with Gasteiger partial charge in [0.15, 0.2) is 18.1 Å². The molecular weight excluding hydrogens is 399 g/mol. The third-order valence-electron chi connectivity index (χ3n) is 5.13. The number of carbonyl (C=O) groups is 1. The Bertz CT molecular complexity index is 1040. The molecular formula is C19H21FN4O6. The van der Waals surface area contributed by atoms with Gasteiger partial charge in [-0.3, -0.25) is 9.36 Å². The number of amides is 1. The summed E-state index contributed by atoms with van der Waals surface area (Å²) in [5.41, 5.74) is -2.20. The third-order valence-corrected chi connectivity index (χ3v) is 5.13. The Morgan fingerprint density at radius 2 is 2.20 bits per heavy atom. The van der Waals surface area contributed by atoms with Crippen molar-refractivity contribution in [3.05, 3.63) is 46.5 Å². The van der Waals surface area contributed by atoms with E-state index in [4.69, 9.17) is 9.47 Å². The second-order valence-corrected chi connectivity index (χ2v) is 7.38. The smallest absolute Gasteiger partial charge is 0.351 e. The van der Waals surface area contributed by atoms with E-state index in [0.717, 1.165) is 11.5 Å². The number of fused-ring (bicyclic) bond motifs is 1. The molecule has 30 heavy (non-hydrogen) atoms. The molecule has 0 bridgehead atoms. The van der Waals surface area contributed by atoms with E-state index < -0.39 is 42.3 Å². The molecule has 1 aromatic carbocycles. The van der Waals surface area contributed by atoms with Crippen LogP contribution in [0.1, 0.15) is 30.4 Å². The number of benzene rings is 1. The number of nitrogens with zero attached hydrogens (tertiary/aromatic N) is 2. The number of aliphatic hydroxyl groups is 2. The highest BCUT2D eigenvalue weighted by Crippen LogP contribution is 2.40. The minimum atomic E-state index is -2.32. The zero-order valence-corrected chi connectivity index (χ0v) is 16.2. The Morgan fingerprint density at radius 1 is 1.43 bits per heavy atom. The van der Waals surface area contributed by atoms with Gasteiger partial charge >= 0.3 is 5.69 Å². The van der Waals surface area contributed by atoms with Crippen molar-refractivity contribution >= 4 is 17.4 Å². The van der Waals surface area contributed by atoms with Gasteiger partial charge in [0.05, 0.1) is 12.3 Å². The molecule has 1 amide bonds. The van der Waals surface area contributed by atoms with Crippen LogP contribution in [0.4, 0.5) is 15.9 Å². The monoisotopic (exact) mass is 420 g/mol. The van der Waals surface area contributed by atoms with Crippen LogP contribution in [0.25, 0.3) is 0 Å². The Balaban J connectivity index is 1.52. The molecule has 160 valence electrons. The Hall–Kier alpha value is -3.02. The summed E-state index contributed by atoms with van der Waals surface area (Å²) in [6.07, 6.45) is -3.25. The van der Waals surface area contributed by atoms with Crippen molar-refractivity contribution in [3.63, 3.8) is 0 Å². The van der Waals surface area contributed by atoms with Gasteiger partial charge in [-0.2, -0.15) is 4.98 Å². The molecule has 1 aromatic heterocycles. The first-order chi connectivity index (χ1) is 14.2. The van der Waals surface area contributed by atoms with E-state index in [2.05, 4.69) is 15.6 Å². The van der Waals surface area contributed by atoms with Crippen molar-refractivity contribution in [2.24, 2.45) is 0 Å². The van der Waals surface area contributed by atoms with Gasteiger partial charge in [-0.05, 0) is 38.1 Å². The van der Waals surface area contributed by atoms with Crippen LogP contribution in [0.2, 0.25) is 0 Å². The molecule has 1 fully saturated rings. The zero-order chi connectivity index (χ0) is 21.6. The van der Waals surface area contributed by atoms with Crippen LogP contribution in [0.15, 0.2) is 35.3 Å². The van der Waals surface area contributed by atoms with E-state index in [9.17, 15) is 24.2 Å². The first-order valence-corrected chi connectivity index (χ1v) is 9.32. The highest BCUT2D eigenvalue weighted by molar-refractivity contribution is 6.04. The number of ether oxygens (including phenoxy) is 2. The number of aromatic nitrogens is 2. The fourth-order valence-corrected chi connectivity index (χ4v) is 3.54. The normalized spacial score (nSPS) is 29.8. The number of carbonyl (C=O) groups excluding carboxylic acids is 1. The lowest BCUT2D eigenvalue weighted by Crippen LogP contribution is -2.42. The molecule has 11 heteroatoms. The number of alkyl halides is 1. The molecule has 5 atom stereocenters. The van der Waals surface area contributed by atoms with E-state index in [1.807, 2.05) is 6.92 Å². The van der Waals surface area contributed by atoms with Gasteiger partial charge in [0, 0.05) is 11.8 Å². The maximum Gasteiger partial charge on any atom is 0.351 e. The van der Waals surface area contributed by atoms with Crippen LogP contribution in [-0.2, 0) is 4.74 Å². The topological polar surface area (TPSA) is 135 Å². The maximum atomic E-state index is 14.9. The quantitative estimate of drug-likeness (QED) is 0.566. The maximum absolute atomic E-state index is 14.9. The van der Waals surface area contributed by atoms with Crippen LogP contribution in [-0.4, -0.2) is 56.4 Å². The SMILES string of the molecule is CC1Nc2cc(C(=O)Nc3ccn(C4OC(CO)C(O)C4(C)F)c(=O)n3)ccc2O1. The largest absolute Gasteiger partial charge is 0.469 e. The summed E-state index contributed by atoms with van der Waals surface area (Å²) in [5, 5.41) is 24.7. The highest BCUT2D eigenvalue weighted by atomic mass is 19.1. The first-order valence-electron chi connectivity index (χ1n) is 9.32. The number of hydrogen-bond acceptors (Lipinski definition) is 8. The number of rotatable bonds is 4. The zero-order valence-electron chi connectivity index (χ0n) is 16.2. The Labute approximate surface area is 170 Å². The molecule has 2 aromatic rings. The minimum absolute atomic E-state index is 0.0304. The van der Waals surface area contributed by atoms with Gasteiger partial charge in [0.2, 0.25) is 0 Å². The van der Waals surface area contributed by atoms with Crippen molar-refractivity contribution in [2.45, 2.75) is 44.2 Å². The van der Waals surface area contributed by atoms with Crippen molar-refractivity contribution in [1.29, 1.82) is 0 Å². The average molecular weight is 420 g/mol. The summed E-state index contributed by atoms with van der Waals surface area (Å²) in [7, 11) is 0. The van der Waals surface area contributed by atoms with Gasteiger partial charge in [-0.1, -0.05) is 0 Å². The first kappa shape index (κ1) is 20.3. The predicted octanol–water partition coefficient (Wildman–Crippen LogP) is 0.625. The average Bonchev–Trinajstić information content (AvgIpc) is 3.18. The fraction of sp³-hybridized carbons (Fsp3) is 0.421. The summed E-state index contributed by atoms with van der Waals surface area (Å²) >= 11 is 0. The number of halogens is 1. The van der Waals surface area contributed by atoms with E-state index in [-0.39, 0.29) is 12.0 Å². The van der Waals surface area contributed by atoms with Gasteiger partial charge < -0.3 is 30.3 Å². The Kier molecular flexibility index (Phi) is 4.96. The minimum Gasteiger partial charge on any atom is -0.469 e. The summed E-state index contributed by atoms with van der Waals surface area (Å²) in [5.74, 6) is 0.109. The molecule has 0 radical (unpaired) electrons. The van der Waals surface area contributed by atoms with Crippen LogP contribution in [0.3, 0.4) is 0 Å². The number of nitrogens with one attached hydrogen (secondary N) is 2. The number of hydrogen-bond donors (Lipinski definition) is 4. The number of aliphatic hydroxyl groups excluding tert-OH is 2. The molecule has 1 saturated heterocycles. The van der Waals surface area contributed by atoms with Gasteiger partial charge in [-0.25, -0.2) is 9.18 Å². The lowest BCUT2D eigenvalue weighted by molar-refractivity contribution is -0.0610. The third kappa shape index (κ3) is 3.40. The van der Waals surface area contributed by atoms with E-state index in [1.165, 1.54) is 12.3 Å². The molecule has 4 N–H and O–H groups in total. The van der Waals surface area contributed by atoms with Crippen LogP contribution in [0, 0.1) is 0 Å². The van der Waals surface area contributed by atoms with Crippen LogP contribution in [0.5, 0.6) is 5.75 Å². The van der Waals surface area contributed by atoms with Crippen LogP contribution < -0.4 is 21.1 Å². The highest BCUT2D eigenvalue weighted by Gasteiger charge is 2.55. The summed E-state index contributed by atoms with van der Waals surface area (Å²) < 4.78 is 26.5. The molecule has 2 aliphatic rings. The molecule has 2 aliphatic heterocycles. The second kappa shape index (κ2) is 7.35. The molecule has 4 rings (SSSR count). The van der Waals surface area contributed by atoms with Crippen molar-refractivity contribution < 1.29 is 28.9 Å². The van der Waals surface area contributed by atoms with E-state index in [0.29, 0.717) is 17.0 Å². The fourth-order valence-electron chi connectivity index (χ4n) is 3.54. The summed E-state index contributed by atoms with van der Waals surface area (Å²) in [6, 6.07) is 6.17. The molecule has 0 spiro atoms. The molecule has 5 unspecified atom stereocenters. The van der Waals surface area contributed by atoms with E-state index in [1.54, 1.807) is 18.2 Å². The predicted molar refractivity (Wildman–Crippen MR) is 103 cm³/mol. The van der Waals surface area contributed by atoms with Gasteiger partial charge in [0.1, 0.15) is 23.8 Å². The van der Waals surface area contributed by atoms with Gasteiger partial charge in [-0.15, -0.1) is 0 Å². The van der Waals surface area contributed by atoms with Gasteiger partial charge in [0.25, 0.3) is 5.91 Å². The van der Waals surface area contributed by atoms with Crippen molar-refractivity contribution in [1.82, 2.24) is 9.55 Å². The molecule has 3 heterocycles. The molecule has 10 nitrogen and oxygen atoms in total. The summed E-state index contributed by atoms with van der Waals surface area (Å²) in [4.78, 5) is 28.7. The lowest BCUT2D eigenvalue weighted by Gasteiger charge is -2.24. The van der Waals surface area contributed by atoms with Crippen LogP contribution >= 0.6 is 0 Å².